The van der Waals surface area contributed by atoms with Crippen molar-refractivity contribution in [3.8, 4) is 0 Å². The Morgan fingerprint density at radius 1 is 1.38 bits per heavy atom. The van der Waals surface area contributed by atoms with Crippen molar-refractivity contribution in [3.63, 3.8) is 0 Å². The Balaban J connectivity index is 2.14. The summed E-state index contributed by atoms with van der Waals surface area (Å²) < 4.78 is 1.13. The van der Waals surface area contributed by atoms with Crippen LogP contribution in [0.5, 0.6) is 0 Å². The fourth-order valence-corrected chi connectivity index (χ4v) is 2.56. The zero-order valence-electron chi connectivity index (χ0n) is 11.8. The molecule has 0 aromatic carbocycles. The lowest BCUT2D eigenvalue weighted by Crippen LogP contribution is -2.20. The molecule has 8 nitrogen and oxygen atoms in total. The van der Waals surface area contributed by atoms with Gasteiger partial charge in [-0.2, -0.15) is 0 Å². The molecule has 2 aromatic heterocycles. The maximum atomic E-state index is 12.2. The standard InChI is InChI=1S/C12H15N5O3S/c1-12(2,3)9-8(21-6-14-9)10(20)15-11-13-5-17(16-11)4-7(18)19/h5-6H,4H2,1-3H3,(H,18,19)(H,15,16,20). The van der Waals surface area contributed by atoms with Gasteiger partial charge in [-0.25, -0.2) is 14.6 Å². The minimum Gasteiger partial charge on any atom is -0.480 e. The molecule has 2 N–H and O–H groups in total. The normalized spacial score (nSPS) is 11.4. The van der Waals surface area contributed by atoms with Gasteiger partial charge in [0, 0.05) is 5.41 Å². The maximum absolute atomic E-state index is 12.2. The quantitative estimate of drug-likeness (QED) is 0.882. The summed E-state index contributed by atoms with van der Waals surface area (Å²) >= 11 is 1.24. The van der Waals surface area contributed by atoms with Crippen LogP contribution in [0, 0.1) is 0 Å². The van der Waals surface area contributed by atoms with Crippen molar-refractivity contribution in [3.05, 3.63) is 22.4 Å². The van der Waals surface area contributed by atoms with E-state index >= 15 is 0 Å². The first kappa shape index (κ1) is 15.1. The SMILES string of the molecule is CC(C)(C)c1ncsc1C(=O)Nc1ncn(CC(=O)O)n1. The summed E-state index contributed by atoms with van der Waals surface area (Å²) in [5.74, 6) is -1.32. The first-order valence-electron chi connectivity index (χ1n) is 6.14. The monoisotopic (exact) mass is 309 g/mol. The molecule has 0 aliphatic carbocycles. The molecule has 0 aliphatic rings. The second kappa shape index (κ2) is 5.60. The van der Waals surface area contributed by atoms with E-state index in [0.29, 0.717) is 10.6 Å². The van der Waals surface area contributed by atoms with Crippen LogP contribution < -0.4 is 5.32 Å². The summed E-state index contributed by atoms with van der Waals surface area (Å²) in [6, 6.07) is 0. The van der Waals surface area contributed by atoms with Gasteiger partial charge in [-0.1, -0.05) is 20.8 Å². The van der Waals surface area contributed by atoms with Crippen molar-refractivity contribution >= 4 is 29.2 Å². The smallest absolute Gasteiger partial charge is 0.325 e. The predicted molar refractivity (Wildman–Crippen MR) is 76.4 cm³/mol. The number of hydrogen-bond acceptors (Lipinski definition) is 6. The largest absolute Gasteiger partial charge is 0.480 e. The minimum absolute atomic E-state index is 0.0644. The number of aliphatic carboxylic acids is 1. The van der Waals surface area contributed by atoms with Gasteiger partial charge in [0.25, 0.3) is 5.91 Å². The maximum Gasteiger partial charge on any atom is 0.325 e. The minimum atomic E-state index is -1.03. The fraction of sp³-hybridized carbons (Fsp3) is 0.417. The molecule has 2 rings (SSSR count). The molecule has 2 heterocycles. The van der Waals surface area contributed by atoms with Crippen molar-refractivity contribution in [2.45, 2.75) is 32.7 Å². The summed E-state index contributed by atoms with van der Waals surface area (Å²) in [6.07, 6.45) is 1.25. The average Bonchev–Trinajstić information content (AvgIpc) is 2.96. The number of carbonyl (C=O) groups excluding carboxylic acids is 1. The third-order valence-corrected chi connectivity index (χ3v) is 3.37. The molecule has 0 saturated heterocycles. The van der Waals surface area contributed by atoms with Crippen LogP contribution in [0.15, 0.2) is 11.8 Å². The zero-order chi connectivity index (χ0) is 15.6. The summed E-state index contributed by atoms with van der Waals surface area (Å²) in [5.41, 5.74) is 2.07. The Hall–Kier alpha value is -2.29. The highest BCUT2D eigenvalue weighted by atomic mass is 32.1. The number of carboxylic acids is 1. The fourth-order valence-electron chi connectivity index (χ4n) is 1.67. The average molecular weight is 309 g/mol. The van der Waals surface area contributed by atoms with E-state index in [0.717, 1.165) is 4.68 Å². The molecule has 0 aliphatic heterocycles. The van der Waals surface area contributed by atoms with E-state index in [2.05, 4.69) is 20.4 Å². The molecular formula is C12H15N5O3S. The molecule has 2 aromatic rings. The number of thiazole rings is 1. The van der Waals surface area contributed by atoms with E-state index in [-0.39, 0.29) is 23.8 Å². The predicted octanol–water partition coefficient (Wildman–Crippen LogP) is 1.37. The third-order valence-electron chi connectivity index (χ3n) is 2.54. The lowest BCUT2D eigenvalue weighted by Gasteiger charge is -2.16. The second-order valence-electron chi connectivity index (χ2n) is 5.39. The topological polar surface area (TPSA) is 110 Å². The highest BCUT2D eigenvalue weighted by Gasteiger charge is 2.25. The van der Waals surface area contributed by atoms with Crippen molar-refractivity contribution in [2.24, 2.45) is 0 Å². The molecule has 112 valence electrons. The van der Waals surface area contributed by atoms with Crippen molar-refractivity contribution in [2.75, 3.05) is 5.32 Å². The molecule has 0 spiro atoms. The molecule has 9 heteroatoms. The summed E-state index contributed by atoms with van der Waals surface area (Å²) in [5, 5.41) is 15.1. The van der Waals surface area contributed by atoms with Crippen LogP contribution in [0.25, 0.3) is 0 Å². The molecule has 1 amide bonds. The van der Waals surface area contributed by atoms with E-state index in [9.17, 15) is 9.59 Å². The number of nitrogens with one attached hydrogen (secondary N) is 1. The Morgan fingerprint density at radius 3 is 2.71 bits per heavy atom. The molecule has 0 radical (unpaired) electrons. The summed E-state index contributed by atoms with van der Waals surface area (Å²) in [4.78, 5) is 31.4. The molecular weight excluding hydrogens is 294 g/mol. The number of anilines is 1. The van der Waals surface area contributed by atoms with Gasteiger partial charge >= 0.3 is 5.97 Å². The molecule has 0 atom stereocenters. The Kier molecular flexibility index (Phi) is 4.03. The van der Waals surface area contributed by atoms with E-state index in [1.165, 1.54) is 17.7 Å². The molecule has 0 unspecified atom stereocenters. The van der Waals surface area contributed by atoms with Crippen LogP contribution in [-0.4, -0.2) is 36.7 Å². The lowest BCUT2D eigenvalue weighted by molar-refractivity contribution is -0.137. The van der Waals surface area contributed by atoms with Crippen LogP contribution in [0.2, 0.25) is 0 Å². The van der Waals surface area contributed by atoms with Crippen molar-refractivity contribution in [1.29, 1.82) is 0 Å². The zero-order valence-corrected chi connectivity index (χ0v) is 12.6. The summed E-state index contributed by atoms with van der Waals surface area (Å²) in [7, 11) is 0. The number of hydrogen-bond donors (Lipinski definition) is 2. The van der Waals surface area contributed by atoms with Gasteiger partial charge in [0.1, 0.15) is 17.7 Å². The second-order valence-corrected chi connectivity index (χ2v) is 6.25. The highest BCUT2D eigenvalue weighted by Crippen LogP contribution is 2.27. The van der Waals surface area contributed by atoms with E-state index < -0.39 is 5.97 Å². The van der Waals surface area contributed by atoms with Crippen LogP contribution in [0.4, 0.5) is 5.95 Å². The number of nitrogens with zero attached hydrogens (tertiary/aromatic N) is 4. The Bertz CT molecular complexity index is 670. The van der Waals surface area contributed by atoms with E-state index in [4.69, 9.17) is 5.11 Å². The molecule has 0 bridgehead atoms. The number of aromatic nitrogens is 4. The molecule has 21 heavy (non-hydrogen) atoms. The van der Waals surface area contributed by atoms with Gasteiger partial charge in [-0.05, 0) is 0 Å². The van der Waals surface area contributed by atoms with Crippen molar-refractivity contribution in [1.82, 2.24) is 19.7 Å². The van der Waals surface area contributed by atoms with Gasteiger partial charge in [0.15, 0.2) is 0 Å². The Morgan fingerprint density at radius 2 is 2.10 bits per heavy atom. The highest BCUT2D eigenvalue weighted by molar-refractivity contribution is 7.12. The van der Waals surface area contributed by atoms with Gasteiger partial charge < -0.3 is 5.11 Å². The number of amides is 1. The van der Waals surface area contributed by atoms with Crippen LogP contribution >= 0.6 is 11.3 Å². The molecule has 0 fully saturated rings. The number of carboxylic acid groups (broad SMARTS) is 1. The lowest BCUT2D eigenvalue weighted by atomic mass is 9.91. The Labute approximate surface area is 124 Å². The van der Waals surface area contributed by atoms with E-state index in [1.54, 1.807) is 5.51 Å². The van der Waals surface area contributed by atoms with Crippen LogP contribution in [0.1, 0.15) is 36.1 Å². The first-order chi connectivity index (χ1) is 9.77. The van der Waals surface area contributed by atoms with Crippen LogP contribution in [0.3, 0.4) is 0 Å². The van der Waals surface area contributed by atoms with Gasteiger partial charge in [-0.15, -0.1) is 16.4 Å². The third kappa shape index (κ3) is 3.63. The first-order valence-corrected chi connectivity index (χ1v) is 7.02. The number of carbonyl (C=O) groups is 2. The van der Waals surface area contributed by atoms with Gasteiger partial charge in [0.2, 0.25) is 5.95 Å². The van der Waals surface area contributed by atoms with Crippen LogP contribution in [-0.2, 0) is 16.8 Å². The van der Waals surface area contributed by atoms with E-state index in [1.807, 2.05) is 20.8 Å². The van der Waals surface area contributed by atoms with Gasteiger partial charge in [0.05, 0.1) is 11.2 Å². The molecule has 0 saturated carbocycles. The summed E-state index contributed by atoms with van der Waals surface area (Å²) in [6.45, 7) is 5.60. The van der Waals surface area contributed by atoms with Gasteiger partial charge in [-0.3, -0.25) is 14.9 Å². The number of rotatable bonds is 4. The van der Waals surface area contributed by atoms with Crippen molar-refractivity contribution < 1.29 is 14.7 Å².